The van der Waals surface area contributed by atoms with Gasteiger partial charge in [0.1, 0.15) is 24.1 Å². The van der Waals surface area contributed by atoms with Crippen molar-refractivity contribution in [2.75, 3.05) is 43.4 Å². The Morgan fingerprint density at radius 2 is 1.64 bits per heavy atom. The summed E-state index contributed by atoms with van der Waals surface area (Å²) >= 11 is 0. The van der Waals surface area contributed by atoms with Crippen LogP contribution >= 0.6 is 15.6 Å². The number of carbonyl (C=O) groups is 3. The van der Waals surface area contributed by atoms with Crippen molar-refractivity contribution in [3.8, 4) is 11.5 Å². The van der Waals surface area contributed by atoms with E-state index in [9.17, 15) is 43.4 Å². The molecule has 9 rings (SSSR count). The summed E-state index contributed by atoms with van der Waals surface area (Å²) in [6, 6.07) is 12.3. The number of phosphoric ester groups is 1. The number of carbonyl (C=O) groups excluding carboxylic acids is 2. The molecule has 27 heteroatoms. The third-order valence-corrected chi connectivity index (χ3v) is 16.4. The van der Waals surface area contributed by atoms with Gasteiger partial charge in [-0.05, 0) is 94.7 Å². The summed E-state index contributed by atoms with van der Waals surface area (Å²) in [5, 5.41) is 29.1. The molecule has 414 valence electrons. The molecule has 6 heterocycles. The van der Waals surface area contributed by atoms with E-state index in [1.54, 1.807) is 0 Å². The van der Waals surface area contributed by atoms with Crippen molar-refractivity contribution >= 4 is 73.1 Å². The van der Waals surface area contributed by atoms with Gasteiger partial charge in [0.05, 0.1) is 30.8 Å². The fourth-order valence-corrected chi connectivity index (χ4v) is 12.8. The van der Waals surface area contributed by atoms with E-state index in [1.165, 1.54) is 40.7 Å². The number of aromatic nitrogens is 4. The van der Waals surface area contributed by atoms with Crippen molar-refractivity contribution in [1.29, 1.82) is 0 Å². The van der Waals surface area contributed by atoms with Crippen LogP contribution < -0.4 is 51.3 Å². The van der Waals surface area contributed by atoms with Gasteiger partial charge in [0, 0.05) is 78.3 Å². The van der Waals surface area contributed by atoms with Crippen molar-refractivity contribution in [3.05, 3.63) is 115 Å². The summed E-state index contributed by atoms with van der Waals surface area (Å²) in [5.74, 6) is -1.13. The van der Waals surface area contributed by atoms with Gasteiger partial charge >= 0.3 is 33.4 Å². The molecule has 0 saturated carbocycles. The molecule has 10 N–H and O–H groups in total. The molecule has 4 aliphatic heterocycles. The van der Waals surface area contributed by atoms with Crippen LogP contribution in [0.4, 0.5) is 16.4 Å². The second-order valence-electron chi connectivity index (χ2n) is 20.4. The molecule has 1 unspecified atom stereocenters. The van der Waals surface area contributed by atoms with Crippen LogP contribution in [0.3, 0.4) is 0 Å². The lowest BCUT2D eigenvalue weighted by Crippen LogP contribution is -2.49. The summed E-state index contributed by atoms with van der Waals surface area (Å²) < 4.78 is 55.5. The Kier molecular flexibility index (Phi) is 14.5. The van der Waals surface area contributed by atoms with Crippen LogP contribution in [0.1, 0.15) is 105 Å². The zero-order valence-corrected chi connectivity index (χ0v) is 45.8. The van der Waals surface area contributed by atoms with Crippen molar-refractivity contribution < 1.29 is 76.0 Å². The number of rotatable bonds is 15. The lowest BCUT2D eigenvalue weighted by molar-refractivity contribution is -0.745. The molecule has 78 heavy (non-hydrogen) atoms. The van der Waals surface area contributed by atoms with E-state index >= 15 is 0 Å². The molecular weight excluding hydrogens is 1060 g/mol. The third kappa shape index (κ3) is 10.4. The minimum atomic E-state index is -5.55. The number of fused-ring (bicyclic) bond motifs is 5. The number of aromatic amines is 1. The number of aliphatic hydroxyl groups is 1. The SMILES string of the molecule is CCN1c2cc3c(cc2C(C)=CC1(C)C)C(c1cc(C(=O)NCCNC(=O)O[C@H]2[C@@H](O)[C@H]([n+]4cn(C)c5c(=O)[nH]c(N)nc54)O[C@@H]2COP(=O)(O)OP(=O)(O)O)ccc1C(=O)O)=c1cc2c(cc1O3)=[N+](CC)C(C)(C)C=C2C. The number of likely N-dealkylation sites (N-methyl/N-ethyl adjacent to an activating group) is 2. The Hall–Kier alpha value is -7.05. The molecule has 5 atom stereocenters. The number of nitrogen functional groups attached to an aromatic ring is 1. The van der Waals surface area contributed by atoms with E-state index in [4.69, 9.17) is 34.3 Å². The zero-order chi connectivity index (χ0) is 56.7. The smallest absolute Gasteiger partial charge is 0.478 e. The molecule has 0 spiro atoms. The average molecular weight is 1120 g/mol. The first kappa shape index (κ1) is 55.7. The number of H-pyrrole nitrogens is 1. The summed E-state index contributed by atoms with van der Waals surface area (Å²) in [6.45, 7) is 16.7. The molecule has 5 aromatic rings. The fourth-order valence-electron chi connectivity index (χ4n) is 11.2. The summed E-state index contributed by atoms with van der Waals surface area (Å²) in [7, 11) is -9.53. The van der Waals surface area contributed by atoms with Gasteiger partial charge in [-0.2, -0.15) is 4.31 Å². The molecule has 2 aromatic heterocycles. The highest BCUT2D eigenvalue weighted by molar-refractivity contribution is 7.60. The fraction of sp³-hybridized carbons (Fsp3) is 0.392. The van der Waals surface area contributed by atoms with Crippen LogP contribution in [-0.2, 0) is 34.5 Å². The number of amides is 2. The predicted molar refractivity (Wildman–Crippen MR) is 283 cm³/mol. The highest BCUT2D eigenvalue weighted by Crippen LogP contribution is 2.58. The van der Waals surface area contributed by atoms with E-state index in [-0.39, 0.29) is 58.0 Å². The Bertz CT molecular complexity index is 3730. The summed E-state index contributed by atoms with van der Waals surface area (Å²) in [6.07, 6.45) is -2.16. The van der Waals surface area contributed by atoms with Crippen molar-refractivity contribution in [3.63, 3.8) is 0 Å². The number of aliphatic hydroxyl groups excluding tert-OH is 1. The van der Waals surface area contributed by atoms with Crippen LogP contribution in [0.25, 0.3) is 27.9 Å². The summed E-state index contributed by atoms with van der Waals surface area (Å²) in [4.78, 5) is 90.4. The topological polar surface area (TPSA) is 344 Å². The van der Waals surface area contributed by atoms with Crippen LogP contribution in [-0.4, -0.2) is 120 Å². The number of allylic oxidation sites excluding steroid dienone is 2. The number of nitrogens with two attached hydrogens (primary N) is 1. The third-order valence-electron chi connectivity index (χ3n) is 14.2. The molecule has 0 aliphatic carbocycles. The maximum absolute atomic E-state index is 14.1. The number of nitrogens with one attached hydrogen (secondary N) is 3. The number of aromatic carboxylic acids is 1. The van der Waals surface area contributed by atoms with Gasteiger partial charge in [-0.25, -0.2) is 27.9 Å². The van der Waals surface area contributed by atoms with E-state index in [0.717, 1.165) is 33.3 Å². The molecular formula is C51H61N9O16P2+2. The Morgan fingerprint density at radius 3 is 2.32 bits per heavy atom. The molecule has 1 fully saturated rings. The minimum Gasteiger partial charge on any atom is -0.478 e. The molecule has 4 aliphatic rings. The maximum Gasteiger partial charge on any atom is 0.481 e. The Labute approximate surface area is 445 Å². The number of alkyl carbamates (subject to hydrolysis) is 1. The van der Waals surface area contributed by atoms with Gasteiger partial charge in [0.15, 0.2) is 24.1 Å². The average Bonchev–Trinajstić information content (AvgIpc) is 3.83. The molecule has 1 saturated heterocycles. The van der Waals surface area contributed by atoms with Crippen molar-refractivity contribution in [2.45, 2.75) is 91.0 Å². The number of phosphoric acid groups is 2. The molecule has 25 nitrogen and oxygen atoms in total. The Morgan fingerprint density at radius 1 is 0.936 bits per heavy atom. The van der Waals surface area contributed by atoms with E-state index in [0.29, 0.717) is 40.9 Å². The second-order valence-corrected chi connectivity index (χ2v) is 23.3. The van der Waals surface area contributed by atoms with E-state index in [2.05, 4.69) is 88.1 Å². The van der Waals surface area contributed by atoms with Gasteiger partial charge in [-0.1, -0.05) is 11.1 Å². The van der Waals surface area contributed by atoms with Crippen LogP contribution in [0, 0.1) is 0 Å². The van der Waals surface area contributed by atoms with Gasteiger partial charge in [0.2, 0.25) is 17.1 Å². The molecule has 0 bridgehead atoms. The highest BCUT2D eigenvalue weighted by Gasteiger charge is 2.51. The predicted octanol–water partition coefficient (Wildman–Crippen LogP) is 2.92. The zero-order valence-electron chi connectivity index (χ0n) is 44.1. The van der Waals surface area contributed by atoms with Crippen LogP contribution in [0.5, 0.6) is 11.5 Å². The number of hydrogen-bond donors (Lipinski definition) is 9. The van der Waals surface area contributed by atoms with Crippen molar-refractivity contribution in [2.24, 2.45) is 7.05 Å². The number of imidazole rings is 1. The maximum atomic E-state index is 14.1. The molecule has 3 aromatic carbocycles. The number of ether oxygens (including phenoxy) is 3. The number of anilines is 2. The monoisotopic (exact) mass is 1120 g/mol. The minimum absolute atomic E-state index is 0.00322. The Balaban J connectivity index is 1.00. The number of aryl methyl sites for hydroxylation is 1. The number of carboxylic acid groups (broad SMARTS) is 1. The highest BCUT2D eigenvalue weighted by atomic mass is 31.3. The van der Waals surface area contributed by atoms with Crippen molar-refractivity contribution in [1.82, 2.24) is 29.7 Å². The summed E-state index contributed by atoms with van der Waals surface area (Å²) in [5.41, 5.74) is 10.8. The first-order valence-electron chi connectivity index (χ1n) is 24.8. The van der Waals surface area contributed by atoms with E-state index < -0.39 is 70.3 Å². The van der Waals surface area contributed by atoms with Gasteiger partial charge < -0.3 is 60.4 Å². The van der Waals surface area contributed by atoms with E-state index in [1.807, 2.05) is 38.1 Å². The lowest BCUT2D eigenvalue weighted by atomic mass is 9.83. The number of hydrogen-bond acceptors (Lipinski definition) is 15. The first-order valence-corrected chi connectivity index (χ1v) is 27.9. The van der Waals surface area contributed by atoms with Gasteiger partial charge in [-0.15, -0.1) is 0 Å². The number of nitrogens with zero attached hydrogens (tertiary/aromatic N) is 5. The number of benzene rings is 3. The largest absolute Gasteiger partial charge is 0.481 e. The van der Waals surface area contributed by atoms with Gasteiger partial charge in [0.25, 0.3) is 17.4 Å². The standard InChI is InChI=1S/C51H59N9O16P2/c1-10-59-34-19-36-32(17-29(34)25(3)21-50(59,5)6)39(33-18-30-26(4)22-51(7,8)60(11-2)35(30)20-37(33)73-36)31-16-27(12-13-28(31)47(64)65)44(62)53-14-15-54-49(66)75-42-38(23-72-78(70,71)76-77(67,68)69)74-46(41(42)61)58-24-57(9)40-43(58)55-48(52)56-45(40)63/h12-13,16-22,24,38,41-42,46,61H,10-11,14-15,23H2,1-9H3,(H7-2,52,53,54,55,56,62,63,64,65,66,67,68,69,70,71)/p+2/t38-,41-,42-,46-/m1/s1. The van der Waals surface area contributed by atoms with Crippen LogP contribution in [0.2, 0.25) is 0 Å². The van der Waals surface area contributed by atoms with Gasteiger partial charge in [-0.3, -0.25) is 23.7 Å². The second kappa shape index (κ2) is 20.3. The normalized spacial score (nSPS) is 20.8. The first-order chi connectivity index (χ1) is 36.5. The van der Waals surface area contributed by atoms with Crippen LogP contribution in [0.15, 0.2) is 65.7 Å². The lowest BCUT2D eigenvalue weighted by Gasteiger charge is -2.43. The quantitative estimate of drug-likeness (QED) is 0.0405. The number of carboxylic acids is 1. The molecule has 2 amide bonds. The molecule has 0 radical (unpaired) electrons.